The Bertz CT molecular complexity index is 751. The Morgan fingerprint density at radius 2 is 1.62 bits per heavy atom. The minimum atomic E-state index is -0.623. The maximum absolute atomic E-state index is 11.9. The molecule has 0 aromatic heterocycles. The fraction of sp³-hybridized carbons (Fsp3) is 0.250. The maximum atomic E-state index is 11.9. The molecule has 0 saturated heterocycles. The molecule has 24 heavy (non-hydrogen) atoms. The van der Waals surface area contributed by atoms with E-state index in [1.165, 1.54) is 0 Å². The summed E-state index contributed by atoms with van der Waals surface area (Å²) in [5.74, 6) is 6.15. The van der Waals surface area contributed by atoms with E-state index in [-0.39, 0.29) is 0 Å². The molecule has 0 N–H and O–H groups in total. The van der Waals surface area contributed by atoms with Crippen molar-refractivity contribution in [1.29, 1.82) is 0 Å². The van der Waals surface area contributed by atoms with E-state index in [1.54, 1.807) is 18.2 Å². The highest BCUT2D eigenvalue weighted by molar-refractivity contribution is 5.90. The van der Waals surface area contributed by atoms with E-state index in [2.05, 4.69) is 11.8 Å². The van der Waals surface area contributed by atoms with Gasteiger partial charge < -0.3 is 14.2 Å². The van der Waals surface area contributed by atoms with Gasteiger partial charge in [-0.3, -0.25) is 0 Å². The van der Waals surface area contributed by atoms with Gasteiger partial charge in [-0.15, -0.1) is 0 Å². The molecule has 0 aliphatic rings. The second kappa shape index (κ2) is 8.64. The van der Waals surface area contributed by atoms with Gasteiger partial charge in [-0.25, -0.2) is 4.79 Å². The Balaban J connectivity index is 2.08. The summed E-state index contributed by atoms with van der Waals surface area (Å²) < 4.78 is 16.2. The molecular weight excluding hydrogens is 304 g/mol. The van der Waals surface area contributed by atoms with Crippen molar-refractivity contribution in [2.45, 2.75) is 20.8 Å². The maximum Gasteiger partial charge on any atom is 0.390 e. The molecule has 0 heterocycles. The highest BCUT2D eigenvalue weighted by atomic mass is 16.5. The average molecular weight is 324 g/mol. The van der Waals surface area contributed by atoms with Crippen molar-refractivity contribution in [2.75, 3.05) is 13.2 Å². The summed E-state index contributed by atoms with van der Waals surface area (Å²) in [6.45, 7) is 6.78. The Hall–Kier alpha value is -2.93. The lowest BCUT2D eigenvalue weighted by Gasteiger charge is -2.11. The fourth-order valence-electron chi connectivity index (χ4n) is 1.99. The highest BCUT2D eigenvalue weighted by Gasteiger charge is 2.09. The van der Waals surface area contributed by atoms with Crippen LogP contribution in [0, 0.1) is 18.8 Å². The number of carbonyl (C=O) groups excluding carboxylic acids is 1. The molecule has 0 amide bonds. The van der Waals surface area contributed by atoms with Crippen molar-refractivity contribution < 1.29 is 19.0 Å². The molecule has 0 unspecified atom stereocenters. The molecule has 4 nitrogen and oxygen atoms in total. The summed E-state index contributed by atoms with van der Waals surface area (Å²) >= 11 is 0. The molecular formula is C20H20O4. The van der Waals surface area contributed by atoms with Crippen molar-refractivity contribution in [2.24, 2.45) is 0 Å². The van der Waals surface area contributed by atoms with Crippen LogP contribution in [-0.4, -0.2) is 19.2 Å². The first kappa shape index (κ1) is 17.4. The summed E-state index contributed by atoms with van der Waals surface area (Å²) in [6.07, 6.45) is 0. The Morgan fingerprint density at radius 3 is 2.29 bits per heavy atom. The van der Waals surface area contributed by atoms with Gasteiger partial charge in [0.15, 0.2) is 11.5 Å². The number of aryl methyl sites for hydroxylation is 1. The van der Waals surface area contributed by atoms with Gasteiger partial charge in [0.1, 0.15) is 5.75 Å². The van der Waals surface area contributed by atoms with Crippen LogP contribution < -0.4 is 14.2 Å². The normalized spacial score (nSPS) is 9.62. The fourth-order valence-corrected chi connectivity index (χ4v) is 1.99. The van der Waals surface area contributed by atoms with Crippen LogP contribution in [0.5, 0.6) is 17.2 Å². The first-order chi connectivity index (χ1) is 11.6. The Kier molecular flexibility index (Phi) is 6.27. The van der Waals surface area contributed by atoms with Gasteiger partial charge >= 0.3 is 5.97 Å². The molecule has 2 aromatic carbocycles. The second-order valence-corrected chi connectivity index (χ2v) is 4.98. The quantitative estimate of drug-likeness (QED) is 0.477. The Labute approximate surface area is 142 Å². The van der Waals surface area contributed by atoms with Crippen LogP contribution in [0.3, 0.4) is 0 Å². The van der Waals surface area contributed by atoms with E-state index in [4.69, 9.17) is 14.2 Å². The zero-order chi connectivity index (χ0) is 17.4. The number of ether oxygens (including phenoxy) is 3. The highest BCUT2D eigenvalue weighted by Crippen LogP contribution is 2.31. The van der Waals surface area contributed by atoms with Gasteiger partial charge in [0.05, 0.1) is 13.2 Å². The predicted octanol–water partition coefficient (Wildman–Crippen LogP) is 3.75. The molecule has 4 heteroatoms. The van der Waals surface area contributed by atoms with Gasteiger partial charge in [0, 0.05) is 17.6 Å². The number of benzene rings is 2. The van der Waals surface area contributed by atoms with Crippen LogP contribution >= 0.6 is 0 Å². The summed E-state index contributed by atoms with van der Waals surface area (Å²) in [6, 6.07) is 12.6. The third-order valence-corrected chi connectivity index (χ3v) is 3.09. The van der Waals surface area contributed by atoms with Crippen molar-refractivity contribution in [3.05, 3.63) is 53.6 Å². The first-order valence-corrected chi connectivity index (χ1v) is 7.82. The number of rotatable bonds is 5. The van der Waals surface area contributed by atoms with E-state index < -0.39 is 5.97 Å². The Morgan fingerprint density at radius 1 is 0.958 bits per heavy atom. The molecule has 0 bridgehead atoms. The molecule has 0 fully saturated rings. The molecule has 2 rings (SSSR count). The SMILES string of the molecule is CCOc1ccc(OC(=O)C#Cc2ccc(C)cc2)cc1OCC. The number of esters is 1. The molecule has 0 saturated carbocycles. The smallest absolute Gasteiger partial charge is 0.390 e. The number of carbonyl (C=O) groups is 1. The predicted molar refractivity (Wildman–Crippen MR) is 92.5 cm³/mol. The number of hydrogen-bond acceptors (Lipinski definition) is 4. The first-order valence-electron chi connectivity index (χ1n) is 7.82. The van der Waals surface area contributed by atoms with Gasteiger partial charge in [-0.2, -0.15) is 0 Å². The molecule has 0 atom stereocenters. The zero-order valence-corrected chi connectivity index (χ0v) is 14.1. The van der Waals surface area contributed by atoms with Crippen molar-refractivity contribution in [3.63, 3.8) is 0 Å². The van der Waals surface area contributed by atoms with E-state index in [0.29, 0.717) is 30.5 Å². The third-order valence-electron chi connectivity index (χ3n) is 3.09. The lowest BCUT2D eigenvalue weighted by molar-refractivity contribution is -0.128. The van der Waals surface area contributed by atoms with Crippen LogP contribution in [0.25, 0.3) is 0 Å². The van der Waals surface area contributed by atoms with Gasteiger partial charge in [0.25, 0.3) is 0 Å². The third kappa shape index (κ3) is 5.06. The zero-order valence-electron chi connectivity index (χ0n) is 14.1. The number of hydrogen-bond donors (Lipinski definition) is 0. The van der Waals surface area contributed by atoms with Crippen LogP contribution in [0.1, 0.15) is 25.0 Å². The van der Waals surface area contributed by atoms with E-state index in [0.717, 1.165) is 11.1 Å². The van der Waals surface area contributed by atoms with E-state index >= 15 is 0 Å². The average Bonchev–Trinajstić information content (AvgIpc) is 2.57. The summed E-state index contributed by atoms with van der Waals surface area (Å²) in [5, 5.41) is 0. The van der Waals surface area contributed by atoms with E-state index in [9.17, 15) is 4.79 Å². The van der Waals surface area contributed by atoms with Crippen molar-refractivity contribution >= 4 is 5.97 Å². The molecule has 124 valence electrons. The summed E-state index contributed by atoms with van der Waals surface area (Å²) in [7, 11) is 0. The molecule has 2 aromatic rings. The second-order valence-electron chi connectivity index (χ2n) is 4.98. The van der Waals surface area contributed by atoms with Crippen molar-refractivity contribution in [1.82, 2.24) is 0 Å². The van der Waals surface area contributed by atoms with Crippen LogP contribution in [0.2, 0.25) is 0 Å². The molecule has 0 spiro atoms. The van der Waals surface area contributed by atoms with Crippen LogP contribution in [0.4, 0.5) is 0 Å². The van der Waals surface area contributed by atoms with Gasteiger partial charge in [0.2, 0.25) is 0 Å². The minimum absolute atomic E-state index is 0.366. The largest absolute Gasteiger partial charge is 0.490 e. The van der Waals surface area contributed by atoms with Crippen molar-refractivity contribution in [3.8, 4) is 29.1 Å². The topological polar surface area (TPSA) is 44.8 Å². The molecule has 0 aliphatic heterocycles. The van der Waals surface area contributed by atoms with Crippen LogP contribution in [-0.2, 0) is 4.79 Å². The summed E-state index contributed by atoms with van der Waals surface area (Å²) in [4.78, 5) is 11.9. The van der Waals surface area contributed by atoms with E-state index in [1.807, 2.05) is 45.0 Å². The monoisotopic (exact) mass is 324 g/mol. The van der Waals surface area contributed by atoms with Gasteiger partial charge in [-0.05, 0) is 45.0 Å². The standard InChI is InChI=1S/C20H20O4/c1-4-22-18-12-11-17(14-19(18)23-5-2)24-20(21)13-10-16-8-6-15(3)7-9-16/h6-9,11-12,14H,4-5H2,1-3H3. The molecule has 0 radical (unpaired) electrons. The lowest BCUT2D eigenvalue weighted by atomic mass is 10.2. The minimum Gasteiger partial charge on any atom is -0.490 e. The molecule has 0 aliphatic carbocycles. The van der Waals surface area contributed by atoms with Gasteiger partial charge in [-0.1, -0.05) is 23.6 Å². The van der Waals surface area contributed by atoms with Crippen LogP contribution in [0.15, 0.2) is 42.5 Å². The summed E-state index contributed by atoms with van der Waals surface area (Å²) in [5.41, 5.74) is 1.90. The lowest BCUT2D eigenvalue weighted by Crippen LogP contribution is -2.05.